The Labute approximate surface area is 76.1 Å². The van der Waals surface area contributed by atoms with Crippen LogP contribution in [0.25, 0.3) is 0 Å². The molecule has 1 aromatic heterocycles. The highest BCUT2D eigenvalue weighted by Crippen LogP contribution is 2.35. The molecular weight excluding hydrogens is 234 g/mol. The van der Waals surface area contributed by atoms with E-state index in [1.165, 1.54) is 16.9 Å². The lowest BCUT2D eigenvalue weighted by Crippen LogP contribution is -2.18. The van der Waals surface area contributed by atoms with Crippen molar-refractivity contribution < 1.29 is 13.9 Å². The summed E-state index contributed by atoms with van der Waals surface area (Å²) in [6, 6.07) is 1.33. The number of halogens is 3. The molecule has 0 saturated heterocycles. The van der Waals surface area contributed by atoms with E-state index < -0.39 is 10.9 Å². The summed E-state index contributed by atoms with van der Waals surface area (Å²) < 4.78 is 26.2. The van der Waals surface area contributed by atoms with Gasteiger partial charge in [-0.1, -0.05) is 0 Å². The van der Waals surface area contributed by atoms with Gasteiger partial charge < -0.3 is 5.11 Å². The molecule has 0 aliphatic rings. The minimum absolute atomic E-state index is 0.0561. The number of hydrogen-bond acceptors (Lipinski definition) is 2. The predicted molar refractivity (Wildman–Crippen MR) is 42.0 cm³/mol. The van der Waals surface area contributed by atoms with Crippen LogP contribution in [0, 0.1) is 0 Å². The molecule has 0 fully saturated rings. The van der Waals surface area contributed by atoms with E-state index in [1.54, 1.807) is 7.05 Å². The van der Waals surface area contributed by atoms with Crippen molar-refractivity contribution in [3.8, 4) is 0 Å². The van der Waals surface area contributed by atoms with Crippen molar-refractivity contribution in [2.75, 3.05) is 0 Å². The zero-order valence-electron chi connectivity index (χ0n) is 6.21. The molecule has 3 nitrogen and oxygen atoms in total. The smallest absolute Gasteiger partial charge is 0.332 e. The van der Waals surface area contributed by atoms with Crippen LogP contribution in [0.2, 0.25) is 0 Å². The van der Waals surface area contributed by atoms with E-state index in [4.69, 9.17) is 5.11 Å². The average molecular weight is 241 g/mol. The molecule has 0 aliphatic heterocycles. The number of nitrogens with zero attached hydrogens (tertiary/aromatic N) is 2. The van der Waals surface area contributed by atoms with Gasteiger partial charge in [-0.25, -0.2) is 0 Å². The van der Waals surface area contributed by atoms with Crippen LogP contribution in [-0.2, 0) is 7.05 Å². The van der Waals surface area contributed by atoms with Crippen LogP contribution in [0.3, 0.4) is 0 Å². The summed E-state index contributed by atoms with van der Waals surface area (Å²) in [5, 5.41) is 12.6. The second-order valence-electron chi connectivity index (χ2n) is 2.36. The summed E-state index contributed by atoms with van der Waals surface area (Å²) in [5.74, 6) is 0. The summed E-state index contributed by atoms with van der Waals surface area (Å²) in [4.78, 5) is -3.33. The van der Waals surface area contributed by atoms with E-state index in [0.717, 1.165) is 0 Å². The Morgan fingerprint density at radius 3 is 2.67 bits per heavy atom. The minimum atomic E-state index is -3.33. The van der Waals surface area contributed by atoms with Gasteiger partial charge in [0.15, 0.2) is 6.10 Å². The SMILES string of the molecule is Cn1ccc(C(O)C(F)(F)Br)n1. The van der Waals surface area contributed by atoms with Crippen molar-refractivity contribution in [3.05, 3.63) is 18.0 Å². The summed E-state index contributed by atoms with van der Waals surface area (Å²) in [6.07, 6.45) is -0.421. The molecule has 1 atom stereocenters. The van der Waals surface area contributed by atoms with Crippen molar-refractivity contribution in [2.45, 2.75) is 10.9 Å². The van der Waals surface area contributed by atoms with Gasteiger partial charge in [-0.05, 0) is 22.0 Å². The molecule has 1 unspecified atom stereocenters. The zero-order chi connectivity index (χ0) is 9.35. The topological polar surface area (TPSA) is 38.0 Å². The molecule has 1 heterocycles. The molecule has 1 rings (SSSR count). The first-order valence-electron chi connectivity index (χ1n) is 3.15. The van der Waals surface area contributed by atoms with Crippen LogP contribution >= 0.6 is 15.9 Å². The van der Waals surface area contributed by atoms with E-state index in [2.05, 4.69) is 21.0 Å². The highest BCUT2D eigenvalue weighted by atomic mass is 79.9. The van der Waals surface area contributed by atoms with Gasteiger partial charge in [-0.2, -0.15) is 13.9 Å². The fourth-order valence-corrected chi connectivity index (χ4v) is 0.981. The Morgan fingerprint density at radius 1 is 1.75 bits per heavy atom. The minimum Gasteiger partial charge on any atom is -0.380 e. The third kappa shape index (κ3) is 2.01. The van der Waals surface area contributed by atoms with Gasteiger partial charge >= 0.3 is 4.83 Å². The van der Waals surface area contributed by atoms with E-state index in [0.29, 0.717) is 0 Å². The van der Waals surface area contributed by atoms with E-state index in [1.807, 2.05) is 0 Å². The highest BCUT2D eigenvalue weighted by Gasteiger charge is 2.37. The van der Waals surface area contributed by atoms with Crippen LogP contribution < -0.4 is 0 Å². The molecule has 0 saturated carbocycles. The van der Waals surface area contributed by atoms with E-state index in [-0.39, 0.29) is 5.69 Å². The lowest BCUT2D eigenvalue weighted by atomic mass is 10.3. The molecule has 0 aliphatic carbocycles. The first-order chi connectivity index (χ1) is 5.41. The summed E-state index contributed by atoms with van der Waals surface area (Å²) >= 11 is 2.06. The second-order valence-corrected chi connectivity index (χ2v) is 3.42. The number of rotatable bonds is 2. The van der Waals surface area contributed by atoms with Crippen molar-refractivity contribution in [1.82, 2.24) is 9.78 Å². The highest BCUT2D eigenvalue weighted by molar-refractivity contribution is 9.10. The standard InChI is InChI=1S/C6H7BrF2N2O/c1-11-3-2-4(10-11)5(12)6(7,8)9/h2-3,5,12H,1H3. The van der Waals surface area contributed by atoms with E-state index in [9.17, 15) is 8.78 Å². The Bertz CT molecular complexity index is 271. The van der Waals surface area contributed by atoms with Crippen molar-refractivity contribution in [1.29, 1.82) is 0 Å². The fraction of sp³-hybridized carbons (Fsp3) is 0.500. The van der Waals surface area contributed by atoms with Gasteiger partial charge in [0.1, 0.15) is 0 Å². The first kappa shape index (κ1) is 9.60. The Hall–Kier alpha value is -0.490. The van der Waals surface area contributed by atoms with Crippen LogP contribution in [0.15, 0.2) is 12.3 Å². The third-order valence-electron chi connectivity index (χ3n) is 1.32. The summed E-state index contributed by atoms with van der Waals surface area (Å²) in [5.41, 5.74) is -0.0561. The lowest BCUT2D eigenvalue weighted by Gasteiger charge is -2.13. The molecule has 68 valence electrons. The maximum absolute atomic E-state index is 12.4. The Balaban J connectivity index is 2.85. The van der Waals surface area contributed by atoms with Gasteiger partial charge in [-0.3, -0.25) is 4.68 Å². The number of hydrogen-bond donors (Lipinski definition) is 1. The molecule has 1 N–H and O–H groups in total. The molecular formula is C6H7BrF2N2O. The average Bonchev–Trinajstić information content (AvgIpc) is 2.32. The molecule has 0 bridgehead atoms. The first-order valence-corrected chi connectivity index (χ1v) is 3.95. The monoisotopic (exact) mass is 240 g/mol. The molecule has 0 amide bonds. The second kappa shape index (κ2) is 3.10. The van der Waals surface area contributed by atoms with Crippen molar-refractivity contribution in [2.24, 2.45) is 7.05 Å². The maximum Gasteiger partial charge on any atom is 0.332 e. The van der Waals surface area contributed by atoms with Gasteiger partial charge in [0.05, 0.1) is 5.69 Å². The van der Waals surface area contributed by atoms with E-state index >= 15 is 0 Å². The van der Waals surface area contributed by atoms with Crippen LogP contribution in [0.5, 0.6) is 0 Å². The van der Waals surface area contributed by atoms with Crippen molar-refractivity contribution >= 4 is 15.9 Å². The largest absolute Gasteiger partial charge is 0.380 e. The number of aryl methyl sites for hydroxylation is 1. The summed E-state index contributed by atoms with van der Waals surface area (Å²) in [6.45, 7) is 0. The molecule has 0 aromatic carbocycles. The number of alkyl halides is 3. The van der Waals surface area contributed by atoms with Crippen LogP contribution in [0.4, 0.5) is 8.78 Å². The molecule has 6 heteroatoms. The fourth-order valence-electron chi connectivity index (χ4n) is 0.747. The molecule has 1 aromatic rings. The van der Waals surface area contributed by atoms with Crippen LogP contribution in [0.1, 0.15) is 11.8 Å². The normalized spacial score (nSPS) is 14.8. The van der Waals surface area contributed by atoms with Crippen LogP contribution in [-0.4, -0.2) is 19.7 Å². The quantitative estimate of drug-likeness (QED) is 0.795. The van der Waals surface area contributed by atoms with Crippen molar-refractivity contribution in [3.63, 3.8) is 0 Å². The van der Waals surface area contributed by atoms with Gasteiger partial charge in [0.25, 0.3) is 0 Å². The Kier molecular flexibility index (Phi) is 2.48. The molecule has 12 heavy (non-hydrogen) atoms. The zero-order valence-corrected chi connectivity index (χ0v) is 7.79. The molecule has 0 spiro atoms. The number of aliphatic hydroxyl groups is 1. The summed E-state index contributed by atoms with van der Waals surface area (Å²) in [7, 11) is 1.59. The van der Waals surface area contributed by atoms with Gasteiger partial charge in [-0.15, -0.1) is 0 Å². The van der Waals surface area contributed by atoms with Gasteiger partial charge in [0.2, 0.25) is 0 Å². The number of aliphatic hydroxyl groups excluding tert-OH is 1. The maximum atomic E-state index is 12.4. The lowest BCUT2D eigenvalue weighted by molar-refractivity contribution is -0.0319. The number of aromatic nitrogens is 2. The molecule has 0 radical (unpaired) electrons. The Morgan fingerprint density at radius 2 is 2.33 bits per heavy atom. The predicted octanol–water partition coefficient (Wildman–Crippen LogP) is 1.44. The van der Waals surface area contributed by atoms with Gasteiger partial charge in [0, 0.05) is 13.2 Å². The third-order valence-corrected chi connectivity index (χ3v) is 1.76.